The van der Waals surface area contributed by atoms with Gasteiger partial charge in [-0.15, -0.1) is 0 Å². The summed E-state index contributed by atoms with van der Waals surface area (Å²) in [5.41, 5.74) is 2.80. The van der Waals surface area contributed by atoms with E-state index in [1.165, 1.54) is 0 Å². The summed E-state index contributed by atoms with van der Waals surface area (Å²) in [6.07, 6.45) is 0.601. The van der Waals surface area contributed by atoms with Crippen LogP contribution in [-0.2, 0) is 21.4 Å². The van der Waals surface area contributed by atoms with E-state index >= 15 is 0 Å². The Labute approximate surface area is 229 Å². The van der Waals surface area contributed by atoms with Crippen LogP contribution in [0.2, 0.25) is 0 Å². The van der Waals surface area contributed by atoms with E-state index in [2.05, 4.69) is 21.0 Å². The summed E-state index contributed by atoms with van der Waals surface area (Å²) >= 11 is 0. The summed E-state index contributed by atoms with van der Waals surface area (Å²) in [6, 6.07) is 27.0. The van der Waals surface area contributed by atoms with E-state index in [-0.39, 0.29) is 23.3 Å². The van der Waals surface area contributed by atoms with Crippen LogP contribution in [0, 0.1) is 0 Å². The molecular formula is C31H33N3O4S. The lowest BCUT2D eigenvalue weighted by Gasteiger charge is -2.28. The van der Waals surface area contributed by atoms with Crippen LogP contribution in [0.25, 0.3) is 10.8 Å². The standard InChI is InChI=1S/C31H33N3O4S/c1-34(2)21-22-12-15-30-27(18-22)28(16-17-38-30)32-31(35)20-29(24-9-4-3-5-10-24)33-39(36,37)26-14-13-23-8-6-7-11-25(23)19-26/h3-15,18-19,28-29,33H,16-17,20-21H2,1-2H3,(H,32,35). The van der Waals surface area contributed by atoms with Gasteiger partial charge in [0.1, 0.15) is 5.75 Å². The van der Waals surface area contributed by atoms with Gasteiger partial charge in [0.05, 0.1) is 23.6 Å². The number of amides is 1. The van der Waals surface area contributed by atoms with Gasteiger partial charge in [-0.3, -0.25) is 4.79 Å². The largest absolute Gasteiger partial charge is 0.493 e. The highest BCUT2D eigenvalue weighted by Gasteiger charge is 2.27. The molecule has 2 atom stereocenters. The Kier molecular flexibility index (Phi) is 7.97. The molecule has 1 amide bonds. The zero-order valence-corrected chi connectivity index (χ0v) is 22.9. The molecule has 39 heavy (non-hydrogen) atoms. The molecule has 2 unspecified atom stereocenters. The van der Waals surface area contributed by atoms with E-state index in [0.29, 0.717) is 13.0 Å². The van der Waals surface area contributed by atoms with Gasteiger partial charge in [0, 0.05) is 24.9 Å². The maximum Gasteiger partial charge on any atom is 0.241 e. The summed E-state index contributed by atoms with van der Waals surface area (Å²) in [7, 11) is 0.125. The highest BCUT2D eigenvalue weighted by molar-refractivity contribution is 7.89. The molecule has 0 saturated carbocycles. The van der Waals surface area contributed by atoms with E-state index in [0.717, 1.165) is 39.8 Å². The summed E-state index contributed by atoms with van der Waals surface area (Å²) in [6.45, 7) is 1.28. The lowest BCUT2D eigenvalue weighted by molar-refractivity contribution is -0.122. The first-order chi connectivity index (χ1) is 18.8. The Hall–Kier alpha value is -3.72. The van der Waals surface area contributed by atoms with Crippen LogP contribution in [0.1, 0.15) is 41.6 Å². The van der Waals surface area contributed by atoms with Crippen LogP contribution in [0.3, 0.4) is 0 Å². The lowest BCUT2D eigenvalue weighted by Crippen LogP contribution is -2.36. The molecule has 8 heteroatoms. The molecule has 7 nitrogen and oxygen atoms in total. The summed E-state index contributed by atoms with van der Waals surface area (Å²) in [4.78, 5) is 15.6. The molecular weight excluding hydrogens is 510 g/mol. The highest BCUT2D eigenvalue weighted by Crippen LogP contribution is 2.33. The monoisotopic (exact) mass is 543 g/mol. The minimum Gasteiger partial charge on any atom is -0.493 e. The minimum atomic E-state index is -3.90. The van der Waals surface area contributed by atoms with Crippen molar-refractivity contribution in [3.05, 3.63) is 108 Å². The number of rotatable bonds is 9. The topological polar surface area (TPSA) is 87.7 Å². The van der Waals surface area contributed by atoms with Crippen molar-refractivity contribution >= 4 is 26.7 Å². The van der Waals surface area contributed by atoms with E-state index in [1.54, 1.807) is 18.2 Å². The average molecular weight is 544 g/mol. The maximum absolute atomic E-state index is 13.5. The summed E-state index contributed by atoms with van der Waals surface area (Å²) < 4.78 is 35.5. The van der Waals surface area contributed by atoms with Crippen molar-refractivity contribution in [3.63, 3.8) is 0 Å². The maximum atomic E-state index is 13.5. The number of fused-ring (bicyclic) bond motifs is 2. The Morgan fingerprint density at radius 1 is 0.949 bits per heavy atom. The van der Waals surface area contributed by atoms with Crippen LogP contribution < -0.4 is 14.8 Å². The third-order valence-electron chi connectivity index (χ3n) is 6.87. The summed E-state index contributed by atoms with van der Waals surface area (Å²) in [5, 5.41) is 4.93. The fourth-order valence-corrected chi connectivity index (χ4v) is 6.26. The number of carbonyl (C=O) groups excluding carboxylic acids is 1. The molecule has 4 aromatic rings. The average Bonchev–Trinajstić information content (AvgIpc) is 2.93. The molecule has 1 aliphatic heterocycles. The van der Waals surface area contributed by atoms with Crippen molar-refractivity contribution < 1.29 is 17.9 Å². The molecule has 4 aromatic carbocycles. The summed E-state index contributed by atoms with van der Waals surface area (Å²) in [5.74, 6) is 0.534. The van der Waals surface area contributed by atoms with Gasteiger partial charge in [-0.2, -0.15) is 0 Å². The molecule has 0 aliphatic carbocycles. The fourth-order valence-electron chi connectivity index (χ4n) is 5.00. The second-order valence-electron chi connectivity index (χ2n) is 10.2. The minimum absolute atomic E-state index is 0.0408. The predicted molar refractivity (Wildman–Crippen MR) is 153 cm³/mol. The third kappa shape index (κ3) is 6.47. The number of nitrogens with zero attached hydrogens (tertiary/aromatic N) is 1. The molecule has 0 spiro atoms. The van der Waals surface area contributed by atoms with E-state index in [1.807, 2.05) is 80.8 Å². The molecule has 1 aliphatic rings. The van der Waals surface area contributed by atoms with Crippen molar-refractivity contribution in [2.45, 2.75) is 36.4 Å². The Balaban J connectivity index is 1.36. The van der Waals surface area contributed by atoms with E-state index < -0.39 is 16.1 Å². The smallest absolute Gasteiger partial charge is 0.241 e. The van der Waals surface area contributed by atoms with Gasteiger partial charge < -0.3 is 15.0 Å². The zero-order chi connectivity index (χ0) is 27.4. The van der Waals surface area contributed by atoms with E-state index in [9.17, 15) is 13.2 Å². The van der Waals surface area contributed by atoms with Gasteiger partial charge in [0.25, 0.3) is 0 Å². The van der Waals surface area contributed by atoms with Crippen molar-refractivity contribution in [1.82, 2.24) is 14.9 Å². The lowest BCUT2D eigenvalue weighted by atomic mass is 9.97. The van der Waals surface area contributed by atoms with Gasteiger partial charge in [-0.05, 0) is 60.3 Å². The second-order valence-corrected chi connectivity index (χ2v) is 11.9. The van der Waals surface area contributed by atoms with Crippen molar-refractivity contribution in [2.24, 2.45) is 0 Å². The predicted octanol–water partition coefficient (Wildman–Crippen LogP) is 4.95. The number of nitrogens with one attached hydrogen (secondary N) is 2. The normalized spacial score (nSPS) is 15.9. The van der Waals surface area contributed by atoms with Crippen LogP contribution in [0.15, 0.2) is 95.9 Å². The first-order valence-corrected chi connectivity index (χ1v) is 14.5. The van der Waals surface area contributed by atoms with Crippen LogP contribution >= 0.6 is 0 Å². The Bertz CT molecular complexity index is 1570. The molecule has 2 N–H and O–H groups in total. The molecule has 202 valence electrons. The van der Waals surface area contributed by atoms with Gasteiger partial charge in [0.2, 0.25) is 15.9 Å². The van der Waals surface area contributed by atoms with E-state index in [4.69, 9.17) is 4.74 Å². The number of benzene rings is 4. The van der Waals surface area contributed by atoms with Gasteiger partial charge in [-0.1, -0.05) is 66.7 Å². The number of ether oxygens (including phenoxy) is 1. The van der Waals surface area contributed by atoms with Crippen molar-refractivity contribution in [3.8, 4) is 5.75 Å². The second kappa shape index (κ2) is 11.6. The molecule has 0 radical (unpaired) electrons. The molecule has 0 fully saturated rings. The highest BCUT2D eigenvalue weighted by atomic mass is 32.2. The number of sulfonamides is 1. The van der Waals surface area contributed by atoms with Gasteiger partial charge in [0.15, 0.2) is 0 Å². The van der Waals surface area contributed by atoms with Crippen molar-refractivity contribution in [2.75, 3.05) is 20.7 Å². The zero-order valence-electron chi connectivity index (χ0n) is 22.1. The number of hydrogen-bond donors (Lipinski definition) is 2. The first-order valence-electron chi connectivity index (χ1n) is 13.0. The van der Waals surface area contributed by atoms with Gasteiger partial charge >= 0.3 is 0 Å². The SMILES string of the molecule is CN(C)Cc1ccc2c(c1)C(NC(=O)CC(NS(=O)(=O)c1ccc3ccccc3c1)c1ccccc1)CCO2. The van der Waals surface area contributed by atoms with Crippen LogP contribution in [0.4, 0.5) is 0 Å². The number of hydrogen-bond acceptors (Lipinski definition) is 5. The quantitative estimate of drug-likeness (QED) is 0.312. The molecule has 0 aromatic heterocycles. The van der Waals surface area contributed by atoms with Gasteiger partial charge in [-0.25, -0.2) is 13.1 Å². The van der Waals surface area contributed by atoms with Crippen LogP contribution in [-0.4, -0.2) is 39.9 Å². The molecule has 5 rings (SSSR count). The molecule has 1 heterocycles. The Morgan fingerprint density at radius 3 is 2.46 bits per heavy atom. The fraction of sp³-hybridized carbons (Fsp3) is 0.258. The van der Waals surface area contributed by atoms with Crippen molar-refractivity contribution in [1.29, 1.82) is 0 Å². The first kappa shape index (κ1) is 26.9. The number of carbonyl (C=O) groups is 1. The molecule has 0 bridgehead atoms. The third-order valence-corrected chi connectivity index (χ3v) is 8.34. The molecule has 0 saturated heterocycles. The Morgan fingerprint density at radius 2 is 1.69 bits per heavy atom. The van der Waals surface area contributed by atoms with Crippen LogP contribution in [0.5, 0.6) is 5.75 Å².